The summed E-state index contributed by atoms with van der Waals surface area (Å²) in [7, 11) is 1.82. The van der Waals surface area contributed by atoms with Gasteiger partial charge in [0.1, 0.15) is 11.6 Å². The van der Waals surface area contributed by atoms with Gasteiger partial charge < -0.3 is 14.7 Å². The Hall–Kier alpha value is -3.59. The van der Waals surface area contributed by atoms with Gasteiger partial charge in [0.15, 0.2) is 11.5 Å². The Balaban J connectivity index is 1.29. The van der Waals surface area contributed by atoms with E-state index in [9.17, 15) is 18.4 Å². The van der Waals surface area contributed by atoms with E-state index in [1.54, 1.807) is 4.90 Å². The molecule has 212 valence electrons. The highest BCUT2D eigenvalue weighted by molar-refractivity contribution is 5.94. The van der Waals surface area contributed by atoms with E-state index in [0.717, 1.165) is 37.9 Å². The predicted molar refractivity (Wildman–Crippen MR) is 147 cm³/mol. The molecule has 1 unspecified atom stereocenters. The highest BCUT2D eigenvalue weighted by Crippen LogP contribution is 2.29. The van der Waals surface area contributed by atoms with Crippen LogP contribution in [0.5, 0.6) is 0 Å². The first-order valence-electron chi connectivity index (χ1n) is 14.1. The second kappa shape index (κ2) is 12.7. The van der Waals surface area contributed by atoms with Gasteiger partial charge in [0, 0.05) is 50.9 Å². The molecule has 3 aromatic rings. The Kier molecular flexibility index (Phi) is 8.89. The van der Waals surface area contributed by atoms with Crippen LogP contribution >= 0.6 is 0 Å². The summed E-state index contributed by atoms with van der Waals surface area (Å²) in [6.45, 7) is 1.98. The smallest absolute Gasteiger partial charge is 0.273 e. The largest absolute Gasteiger partial charge is 0.355 e. The van der Waals surface area contributed by atoms with Crippen molar-refractivity contribution in [2.45, 2.75) is 57.0 Å². The summed E-state index contributed by atoms with van der Waals surface area (Å²) >= 11 is 0. The third kappa shape index (κ3) is 6.58. The van der Waals surface area contributed by atoms with E-state index in [1.165, 1.54) is 37.0 Å². The van der Waals surface area contributed by atoms with Crippen LogP contribution in [0.4, 0.5) is 8.78 Å². The van der Waals surface area contributed by atoms with Crippen LogP contribution in [-0.4, -0.2) is 65.5 Å². The lowest BCUT2D eigenvalue weighted by molar-refractivity contribution is -0.137. The van der Waals surface area contributed by atoms with Gasteiger partial charge in [-0.1, -0.05) is 54.8 Å². The lowest BCUT2D eigenvalue weighted by atomic mass is 9.86. The minimum absolute atomic E-state index is 0.0102. The number of hydrogen-bond acceptors (Lipinski definition) is 5. The molecule has 1 N–H and O–H groups in total. The third-order valence-electron chi connectivity index (χ3n) is 8.26. The zero-order valence-electron chi connectivity index (χ0n) is 22.8. The summed E-state index contributed by atoms with van der Waals surface area (Å²) in [5.41, 5.74) is 1.16. The summed E-state index contributed by atoms with van der Waals surface area (Å²) in [6.07, 6.45) is 7.35. The molecule has 5 rings (SSSR count). The van der Waals surface area contributed by atoms with Crippen molar-refractivity contribution < 1.29 is 22.9 Å². The number of likely N-dealkylation sites (tertiary alicyclic amines) is 1. The number of nitrogens with one attached hydrogen (secondary N) is 1. The quantitative estimate of drug-likeness (QED) is 0.424. The van der Waals surface area contributed by atoms with Crippen LogP contribution in [0.15, 0.2) is 59.1 Å². The van der Waals surface area contributed by atoms with Crippen molar-refractivity contribution in [1.29, 1.82) is 0 Å². The van der Waals surface area contributed by atoms with E-state index < -0.39 is 23.5 Å². The van der Waals surface area contributed by atoms with Crippen LogP contribution in [0.1, 0.15) is 54.6 Å². The van der Waals surface area contributed by atoms with Crippen molar-refractivity contribution in [2.24, 2.45) is 5.92 Å². The summed E-state index contributed by atoms with van der Waals surface area (Å²) in [4.78, 5) is 31.2. The predicted octanol–water partition coefficient (Wildman–Crippen LogP) is 5.07. The fraction of sp³-hybridized carbons (Fsp3) is 0.452. The molecule has 2 fully saturated rings. The van der Waals surface area contributed by atoms with E-state index in [-0.39, 0.29) is 29.0 Å². The minimum atomic E-state index is -0.803. The maximum absolute atomic E-state index is 14.2. The van der Waals surface area contributed by atoms with Crippen molar-refractivity contribution in [3.8, 4) is 11.3 Å². The van der Waals surface area contributed by atoms with Gasteiger partial charge in [-0.3, -0.25) is 14.5 Å². The third-order valence-corrected chi connectivity index (χ3v) is 8.26. The molecular weight excluding hydrogens is 514 g/mol. The molecule has 9 heteroatoms. The van der Waals surface area contributed by atoms with Crippen molar-refractivity contribution >= 4 is 11.8 Å². The number of hydrogen-bond donors (Lipinski definition) is 1. The number of benzene rings is 2. The van der Waals surface area contributed by atoms with Gasteiger partial charge in [-0.2, -0.15) is 0 Å². The second-order valence-corrected chi connectivity index (χ2v) is 11.0. The van der Waals surface area contributed by atoms with Crippen molar-refractivity contribution in [2.75, 3.05) is 26.7 Å². The molecule has 2 aromatic carbocycles. The van der Waals surface area contributed by atoms with Gasteiger partial charge >= 0.3 is 0 Å². The van der Waals surface area contributed by atoms with E-state index >= 15 is 0 Å². The number of carbonyl (C=O) groups is 2. The first-order valence-corrected chi connectivity index (χ1v) is 14.1. The van der Waals surface area contributed by atoms with Gasteiger partial charge in [-0.05, 0) is 43.4 Å². The highest BCUT2D eigenvalue weighted by atomic mass is 19.1. The molecular formula is C31H36F2N4O3. The highest BCUT2D eigenvalue weighted by Gasteiger charge is 2.39. The second-order valence-electron chi connectivity index (χ2n) is 11.0. The van der Waals surface area contributed by atoms with E-state index in [2.05, 4.69) is 27.5 Å². The van der Waals surface area contributed by atoms with Crippen LogP contribution in [-0.2, 0) is 11.2 Å². The standard InChI is InChI=1S/C31H36F2N4O3/c1-36(16-14-21-8-4-2-5-9-21)31(39)25-20-37(23-10-6-3-7-11-23)17-15-27(25)34-30(38)28-19-29(40-35-28)24-13-12-22(32)18-26(24)33/h2,4-5,8-9,12-13,18-19,23,25,27H,3,6-7,10-11,14-17,20H2,1H3,(H,34,38)/t25?,27-/m1/s1. The number of aromatic nitrogens is 1. The van der Waals surface area contributed by atoms with E-state index in [0.29, 0.717) is 25.6 Å². The van der Waals surface area contributed by atoms with Gasteiger partial charge in [0.25, 0.3) is 5.91 Å². The molecule has 1 aromatic heterocycles. The fourth-order valence-corrected chi connectivity index (χ4v) is 5.95. The van der Waals surface area contributed by atoms with Gasteiger partial charge in [-0.15, -0.1) is 0 Å². The summed E-state index contributed by atoms with van der Waals surface area (Å²) in [6, 6.07) is 14.6. The molecule has 0 spiro atoms. The molecule has 1 saturated heterocycles. The Morgan fingerprint density at radius 1 is 1.05 bits per heavy atom. The normalized spacial score (nSPS) is 20.3. The van der Waals surface area contributed by atoms with Crippen LogP contribution < -0.4 is 5.32 Å². The molecule has 7 nitrogen and oxygen atoms in total. The number of carbonyl (C=O) groups excluding carboxylic acids is 2. The van der Waals surface area contributed by atoms with E-state index in [1.807, 2.05) is 25.2 Å². The average molecular weight is 551 g/mol. The van der Waals surface area contributed by atoms with Crippen molar-refractivity contribution in [3.05, 3.63) is 77.5 Å². The van der Waals surface area contributed by atoms with Crippen molar-refractivity contribution in [1.82, 2.24) is 20.3 Å². The lowest BCUT2D eigenvalue weighted by Crippen LogP contribution is -2.58. The number of amides is 2. The number of nitrogens with zero attached hydrogens (tertiary/aromatic N) is 3. The first-order chi connectivity index (χ1) is 19.4. The Morgan fingerprint density at radius 3 is 2.58 bits per heavy atom. The number of rotatable bonds is 8. The van der Waals surface area contributed by atoms with Gasteiger partial charge in [-0.25, -0.2) is 8.78 Å². The van der Waals surface area contributed by atoms with Crippen molar-refractivity contribution in [3.63, 3.8) is 0 Å². The van der Waals surface area contributed by atoms with Crippen LogP contribution in [0.3, 0.4) is 0 Å². The SMILES string of the molecule is CN(CCc1ccccc1)C(=O)C1CN(C2CCCCC2)CC[C@H]1NC(=O)c1cc(-c2ccc(F)cc2F)on1. The topological polar surface area (TPSA) is 78.7 Å². The zero-order valence-corrected chi connectivity index (χ0v) is 22.8. The monoisotopic (exact) mass is 550 g/mol. The van der Waals surface area contributed by atoms with Crippen LogP contribution in [0, 0.1) is 17.6 Å². The Labute approximate surface area is 233 Å². The maximum atomic E-state index is 14.2. The Morgan fingerprint density at radius 2 is 1.82 bits per heavy atom. The van der Waals surface area contributed by atoms with Gasteiger partial charge in [0.2, 0.25) is 5.91 Å². The van der Waals surface area contributed by atoms with Gasteiger partial charge in [0.05, 0.1) is 11.5 Å². The minimum Gasteiger partial charge on any atom is -0.355 e. The number of likely N-dealkylation sites (N-methyl/N-ethyl adjacent to an activating group) is 1. The summed E-state index contributed by atoms with van der Waals surface area (Å²) in [5.74, 6) is -2.36. The number of piperidine rings is 1. The summed E-state index contributed by atoms with van der Waals surface area (Å²) in [5, 5.41) is 6.84. The molecule has 2 aliphatic rings. The molecule has 1 aliphatic heterocycles. The molecule has 1 aliphatic carbocycles. The first kappa shape index (κ1) is 28.0. The molecule has 0 radical (unpaired) electrons. The maximum Gasteiger partial charge on any atom is 0.273 e. The average Bonchev–Trinajstić information content (AvgIpc) is 3.47. The molecule has 1 saturated carbocycles. The Bertz CT molecular complexity index is 1310. The van der Waals surface area contributed by atoms with Crippen LogP contribution in [0.25, 0.3) is 11.3 Å². The lowest BCUT2D eigenvalue weighted by Gasteiger charge is -2.43. The number of halogens is 2. The van der Waals surface area contributed by atoms with E-state index in [4.69, 9.17) is 4.52 Å². The summed E-state index contributed by atoms with van der Waals surface area (Å²) < 4.78 is 32.7. The molecule has 2 atom stereocenters. The van der Waals surface area contributed by atoms with Crippen LogP contribution in [0.2, 0.25) is 0 Å². The molecule has 2 heterocycles. The fourth-order valence-electron chi connectivity index (χ4n) is 5.95. The zero-order chi connectivity index (χ0) is 28.1. The molecule has 0 bridgehead atoms. The molecule has 2 amide bonds. The molecule has 40 heavy (non-hydrogen) atoms.